The maximum absolute atomic E-state index is 12.4. The summed E-state index contributed by atoms with van der Waals surface area (Å²) in [7, 11) is 1.62. The molecule has 0 bridgehead atoms. The Hall–Kier alpha value is -3.26. The van der Waals surface area contributed by atoms with Crippen molar-refractivity contribution in [3.63, 3.8) is 0 Å². The first-order valence-electron chi connectivity index (χ1n) is 9.17. The van der Waals surface area contributed by atoms with Gasteiger partial charge in [0, 0.05) is 42.5 Å². The van der Waals surface area contributed by atoms with Crippen LogP contribution in [0.15, 0.2) is 53.1 Å². The van der Waals surface area contributed by atoms with Gasteiger partial charge in [-0.3, -0.25) is 0 Å². The van der Waals surface area contributed by atoms with E-state index in [1.165, 1.54) is 0 Å². The summed E-state index contributed by atoms with van der Waals surface area (Å²) in [6, 6.07) is 14.8. The zero-order valence-electron chi connectivity index (χ0n) is 15.8. The summed E-state index contributed by atoms with van der Waals surface area (Å²) < 4.78 is 10.6. The number of carbonyl (C=O) groups excluding carboxylic acids is 1. The van der Waals surface area contributed by atoms with Gasteiger partial charge in [0.25, 0.3) is 0 Å². The third-order valence-electron chi connectivity index (χ3n) is 4.70. The minimum atomic E-state index is -0.142. The molecule has 1 aromatic heterocycles. The number of piperazine rings is 1. The van der Waals surface area contributed by atoms with Gasteiger partial charge in [0.1, 0.15) is 5.75 Å². The standard InChI is InChI=1S/C20H20ClN5O3/c1-28-17-8-2-14(3-9-17)18-23-20(29-24-18)26-12-10-25(11-13-26)19(27)22-16-6-4-15(21)5-7-16/h2-9H,10-13H2,1H3,(H,22,27). The Morgan fingerprint density at radius 1 is 1.07 bits per heavy atom. The van der Waals surface area contributed by atoms with Crippen LogP contribution in [0.3, 0.4) is 0 Å². The van der Waals surface area contributed by atoms with Crippen LogP contribution in [-0.4, -0.2) is 54.4 Å². The molecule has 2 heterocycles. The number of ether oxygens (including phenoxy) is 1. The number of aromatic nitrogens is 2. The lowest BCUT2D eigenvalue weighted by Gasteiger charge is -2.33. The molecular formula is C20H20ClN5O3. The normalized spacial score (nSPS) is 14.0. The Bertz CT molecular complexity index is 967. The molecule has 2 aromatic carbocycles. The van der Waals surface area contributed by atoms with E-state index in [-0.39, 0.29) is 6.03 Å². The lowest BCUT2D eigenvalue weighted by molar-refractivity contribution is 0.206. The molecule has 1 aliphatic rings. The highest BCUT2D eigenvalue weighted by Crippen LogP contribution is 2.23. The van der Waals surface area contributed by atoms with Crippen molar-refractivity contribution in [3.05, 3.63) is 53.6 Å². The van der Waals surface area contributed by atoms with E-state index in [1.54, 1.807) is 36.3 Å². The average molecular weight is 414 g/mol. The van der Waals surface area contributed by atoms with Gasteiger partial charge in [-0.2, -0.15) is 4.98 Å². The predicted octanol–water partition coefficient (Wildman–Crippen LogP) is 3.75. The highest BCUT2D eigenvalue weighted by Gasteiger charge is 2.24. The van der Waals surface area contributed by atoms with Gasteiger partial charge in [-0.15, -0.1) is 0 Å². The number of halogens is 1. The maximum Gasteiger partial charge on any atom is 0.324 e. The van der Waals surface area contributed by atoms with Crippen molar-refractivity contribution in [1.29, 1.82) is 0 Å². The molecule has 0 saturated carbocycles. The van der Waals surface area contributed by atoms with Gasteiger partial charge in [0.05, 0.1) is 7.11 Å². The van der Waals surface area contributed by atoms with Crippen LogP contribution in [0.2, 0.25) is 5.02 Å². The van der Waals surface area contributed by atoms with Crippen LogP contribution >= 0.6 is 11.6 Å². The zero-order chi connectivity index (χ0) is 20.2. The van der Waals surface area contributed by atoms with Crippen molar-refractivity contribution in [2.75, 3.05) is 43.5 Å². The molecule has 0 spiro atoms. The SMILES string of the molecule is COc1ccc(-c2noc(N3CCN(C(=O)Nc4ccc(Cl)cc4)CC3)n2)cc1. The number of nitrogens with zero attached hydrogens (tertiary/aromatic N) is 4. The van der Waals surface area contributed by atoms with Gasteiger partial charge in [-0.1, -0.05) is 16.8 Å². The number of methoxy groups -OCH3 is 1. The minimum absolute atomic E-state index is 0.142. The Morgan fingerprint density at radius 2 is 1.76 bits per heavy atom. The number of rotatable bonds is 4. The highest BCUT2D eigenvalue weighted by molar-refractivity contribution is 6.30. The molecule has 0 radical (unpaired) electrons. The Balaban J connectivity index is 1.34. The summed E-state index contributed by atoms with van der Waals surface area (Å²) in [5, 5.41) is 7.57. The summed E-state index contributed by atoms with van der Waals surface area (Å²) in [4.78, 5) is 20.7. The number of hydrogen-bond acceptors (Lipinski definition) is 6. The van der Waals surface area contributed by atoms with Crippen LogP contribution in [0.1, 0.15) is 0 Å². The van der Waals surface area contributed by atoms with E-state index in [0.717, 1.165) is 11.3 Å². The van der Waals surface area contributed by atoms with E-state index in [0.29, 0.717) is 48.7 Å². The number of anilines is 2. The van der Waals surface area contributed by atoms with E-state index < -0.39 is 0 Å². The number of hydrogen-bond donors (Lipinski definition) is 1. The summed E-state index contributed by atoms with van der Waals surface area (Å²) in [6.07, 6.45) is 0. The van der Waals surface area contributed by atoms with Gasteiger partial charge in [-0.25, -0.2) is 4.79 Å². The second-order valence-electron chi connectivity index (χ2n) is 6.54. The van der Waals surface area contributed by atoms with E-state index in [4.69, 9.17) is 20.9 Å². The first kappa shape index (κ1) is 19.1. The number of urea groups is 1. The topological polar surface area (TPSA) is 83.7 Å². The Kier molecular flexibility index (Phi) is 5.53. The number of carbonyl (C=O) groups is 1. The molecule has 1 N–H and O–H groups in total. The molecule has 29 heavy (non-hydrogen) atoms. The molecule has 3 aromatic rings. The monoisotopic (exact) mass is 413 g/mol. The first-order valence-corrected chi connectivity index (χ1v) is 9.55. The van der Waals surface area contributed by atoms with E-state index >= 15 is 0 Å². The third kappa shape index (κ3) is 4.43. The van der Waals surface area contributed by atoms with Crippen molar-refractivity contribution in [2.24, 2.45) is 0 Å². The van der Waals surface area contributed by atoms with Gasteiger partial charge in [0.2, 0.25) is 5.82 Å². The van der Waals surface area contributed by atoms with Gasteiger partial charge < -0.3 is 24.4 Å². The fourth-order valence-electron chi connectivity index (χ4n) is 3.04. The number of benzene rings is 2. The quantitative estimate of drug-likeness (QED) is 0.701. The molecule has 8 nitrogen and oxygen atoms in total. The molecule has 2 amide bonds. The molecule has 0 unspecified atom stereocenters. The van der Waals surface area contributed by atoms with Crippen LogP contribution in [0.25, 0.3) is 11.4 Å². The van der Waals surface area contributed by atoms with Crippen LogP contribution < -0.4 is 15.0 Å². The Labute approximate surface area is 173 Å². The van der Waals surface area contributed by atoms with Gasteiger partial charge >= 0.3 is 12.0 Å². The first-order chi connectivity index (χ1) is 14.1. The minimum Gasteiger partial charge on any atom is -0.497 e. The summed E-state index contributed by atoms with van der Waals surface area (Å²) in [5.74, 6) is 1.29. The fraction of sp³-hybridized carbons (Fsp3) is 0.250. The van der Waals surface area contributed by atoms with Crippen LogP contribution in [0, 0.1) is 0 Å². The second kappa shape index (κ2) is 8.40. The van der Waals surface area contributed by atoms with Crippen molar-refractivity contribution >= 4 is 29.3 Å². The van der Waals surface area contributed by atoms with Gasteiger partial charge in [0.15, 0.2) is 0 Å². The van der Waals surface area contributed by atoms with E-state index in [9.17, 15) is 4.79 Å². The van der Waals surface area contributed by atoms with E-state index in [2.05, 4.69) is 15.5 Å². The molecule has 0 atom stereocenters. The fourth-order valence-corrected chi connectivity index (χ4v) is 3.16. The number of amides is 2. The van der Waals surface area contributed by atoms with Gasteiger partial charge in [-0.05, 0) is 48.5 Å². The van der Waals surface area contributed by atoms with E-state index in [1.807, 2.05) is 29.2 Å². The number of nitrogens with one attached hydrogen (secondary N) is 1. The molecule has 1 fully saturated rings. The third-order valence-corrected chi connectivity index (χ3v) is 4.95. The van der Waals surface area contributed by atoms with Crippen molar-refractivity contribution in [1.82, 2.24) is 15.0 Å². The summed E-state index contributed by atoms with van der Waals surface area (Å²) >= 11 is 5.87. The molecule has 0 aliphatic carbocycles. The molecule has 1 saturated heterocycles. The van der Waals surface area contributed by atoms with Crippen LogP contribution in [0.4, 0.5) is 16.5 Å². The lowest BCUT2D eigenvalue weighted by atomic mass is 10.2. The Morgan fingerprint density at radius 3 is 2.41 bits per heavy atom. The molecule has 4 rings (SSSR count). The zero-order valence-corrected chi connectivity index (χ0v) is 16.6. The predicted molar refractivity (Wildman–Crippen MR) is 111 cm³/mol. The van der Waals surface area contributed by atoms with Crippen LogP contribution in [-0.2, 0) is 0 Å². The largest absolute Gasteiger partial charge is 0.497 e. The molecule has 9 heteroatoms. The van der Waals surface area contributed by atoms with Crippen LogP contribution in [0.5, 0.6) is 5.75 Å². The van der Waals surface area contributed by atoms with Crippen molar-refractivity contribution < 1.29 is 14.1 Å². The molecule has 150 valence electrons. The maximum atomic E-state index is 12.4. The highest BCUT2D eigenvalue weighted by atomic mass is 35.5. The second-order valence-corrected chi connectivity index (χ2v) is 6.98. The molecule has 1 aliphatic heterocycles. The summed E-state index contributed by atoms with van der Waals surface area (Å²) in [5.41, 5.74) is 1.56. The molecular weight excluding hydrogens is 394 g/mol. The van der Waals surface area contributed by atoms with Crippen molar-refractivity contribution in [2.45, 2.75) is 0 Å². The average Bonchev–Trinajstić information content (AvgIpc) is 3.26. The summed E-state index contributed by atoms with van der Waals surface area (Å²) in [6.45, 7) is 2.33. The lowest BCUT2D eigenvalue weighted by Crippen LogP contribution is -2.50. The smallest absolute Gasteiger partial charge is 0.324 e. The van der Waals surface area contributed by atoms with Crippen molar-refractivity contribution in [3.8, 4) is 17.1 Å².